The summed E-state index contributed by atoms with van der Waals surface area (Å²) in [6, 6.07) is 6.89. The monoisotopic (exact) mass is 450 g/mol. The molecule has 32 heavy (non-hydrogen) atoms. The highest BCUT2D eigenvalue weighted by atomic mass is 19.4. The molecule has 0 radical (unpaired) electrons. The van der Waals surface area contributed by atoms with Gasteiger partial charge < -0.3 is 5.32 Å². The van der Waals surface area contributed by atoms with Crippen LogP contribution in [0.25, 0.3) is 22.4 Å². The first kappa shape index (κ1) is 21.4. The fourth-order valence-corrected chi connectivity index (χ4v) is 2.96. The van der Waals surface area contributed by atoms with Crippen molar-refractivity contribution in [2.24, 2.45) is 0 Å². The Hall–Kier alpha value is -3.83. The Morgan fingerprint density at radius 3 is 2.25 bits per heavy atom. The van der Waals surface area contributed by atoms with Crippen LogP contribution in [0.5, 0.6) is 0 Å². The number of rotatable bonds is 3. The summed E-state index contributed by atoms with van der Waals surface area (Å²) in [5.74, 6) is 0.465. The van der Waals surface area contributed by atoms with Gasteiger partial charge in [-0.1, -0.05) is 0 Å². The SMILES string of the molecule is Cc1nc(Nc2ccc(C(F)(F)F)nc2)c2ccc(-c3ncccc3C(F)(F)F)nc2n1. The standard InChI is InChI=1S/C20H12F6N6/c1-10-29-17(31-11-4-7-15(28-9-11)20(24,25)26)12-5-6-14(32-18(12)30-10)16-13(19(21,22)23)3-2-8-27-16/h2-9H,1H3,(H,29,30,31,32). The van der Waals surface area contributed by atoms with Gasteiger partial charge in [0.15, 0.2) is 5.65 Å². The lowest BCUT2D eigenvalue weighted by Crippen LogP contribution is -2.09. The van der Waals surface area contributed by atoms with Crippen molar-refractivity contribution in [2.75, 3.05) is 5.32 Å². The molecule has 0 amide bonds. The largest absolute Gasteiger partial charge is 0.433 e. The maximum Gasteiger partial charge on any atom is 0.433 e. The van der Waals surface area contributed by atoms with Gasteiger partial charge in [0, 0.05) is 6.20 Å². The van der Waals surface area contributed by atoms with Gasteiger partial charge in [-0.3, -0.25) is 4.98 Å². The summed E-state index contributed by atoms with van der Waals surface area (Å²) in [5, 5.41) is 3.20. The van der Waals surface area contributed by atoms with Crippen LogP contribution in [0.4, 0.5) is 37.8 Å². The molecule has 0 atom stereocenters. The van der Waals surface area contributed by atoms with Gasteiger partial charge in [-0.2, -0.15) is 26.3 Å². The molecule has 4 aromatic rings. The Morgan fingerprint density at radius 1 is 0.812 bits per heavy atom. The number of alkyl halides is 6. The van der Waals surface area contributed by atoms with Gasteiger partial charge in [0.05, 0.1) is 28.5 Å². The Kier molecular flexibility index (Phi) is 5.15. The van der Waals surface area contributed by atoms with Crippen molar-refractivity contribution in [3.8, 4) is 11.4 Å². The average Bonchev–Trinajstić information content (AvgIpc) is 2.72. The molecule has 0 aliphatic heterocycles. The third-order valence-electron chi connectivity index (χ3n) is 4.34. The van der Waals surface area contributed by atoms with Crippen molar-refractivity contribution in [2.45, 2.75) is 19.3 Å². The number of hydrogen-bond donors (Lipinski definition) is 1. The third-order valence-corrected chi connectivity index (χ3v) is 4.34. The van der Waals surface area contributed by atoms with Crippen molar-refractivity contribution in [1.29, 1.82) is 0 Å². The minimum Gasteiger partial charge on any atom is -0.338 e. The molecule has 0 aliphatic carbocycles. The second-order valence-corrected chi connectivity index (χ2v) is 6.64. The van der Waals surface area contributed by atoms with Crippen molar-refractivity contribution in [1.82, 2.24) is 24.9 Å². The van der Waals surface area contributed by atoms with Gasteiger partial charge in [-0.15, -0.1) is 0 Å². The molecule has 4 rings (SSSR count). The van der Waals surface area contributed by atoms with Gasteiger partial charge in [0.2, 0.25) is 0 Å². The lowest BCUT2D eigenvalue weighted by Gasteiger charge is -2.13. The van der Waals surface area contributed by atoms with Crippen LogP contribution in [-0.2, 0) is 12.4 Å². The molecular formula is C20H12F6N6. The summed E-state index contributed by atoms with van der Waals surface area (Å²) in [4.78, 5) is 19.8. The van der Waals surface area contributed by atoms with Crippen LogP contribution in [0, 0.1) is 6.92 Å². The zero-order chi connectivity index (χ0) is 23.1. The molecular weight excluding hydrogens is 438 g/mol. The van der Waals surface area contributed by atoms with Crippen molar-refractivity contribution < 1.29 is 26.3 Å². The topological polar surface area (TPSA) is 76.5 Å². The summed E-state index contributed by atoms with van der Waals surface area (Å²) in [6.07, 6.45) is -6.97. The molecule has 0 spiro atoms. The van der Waals surface area contributed by atoms with E-state index in [1.807, 2.05) is 0 Å². The first-order chi connectivity index (χ1) is 15.0. The molecule has 6 nitrogen and oxygen atoms in total. The molecule has 0 fully saturated rings. The van der Waals surface area contributed by atoms with Crippen LogP contribution in [0.2, 0.25) is 0 Å². The fourth-order valence-electron chi connectivity index (χ4n) is 2.96. The van der Waals surface area contributed by atoms with Crippen LogP contribution in [0.1, 0.15) is 17.1 Å². The highest BCUT2D eigenvalue weighted by Crippen LogP contribution is 2.36. The lowest BCUT2D eigenvalue weighted by atomic mass is 10.1. The van der Waals surface area contributed by atoms with Crippen molar-refractivity contribution in [3.63, 3.8) is 0 Å². The van der Waals surface area contributed by atoms with E-state index >= 15 is 0 Å². The highest BCUT2D eigenvalue weighted by Gasteiger charge is 2.35. The van der Waals surface area contributed by atoms with Crippen LogP contribution in [0.3, 0.4) is 0 Å². The number of hydrogen-bond acceptors (Lipinski definition) is 6. The third kappa shape index (κ3) is 4.29. The maximum atomic E-state index is 13.3. The molecule has 4 aromatic heterocycles. The zero-order valence-corrected chi connectivity index (χ0v) is 16.1. The molecule has 0 bridgehead atoms. The zero-order valence-electron chi connectivity index (χ0n) is 16.1. The van der Waals surface area contributed by atoms with Gasteiger partial charge in [0.1, 0.15) is 23.0 Å². The van der Waals surface area contributed by atoms with E-state index in [1.54, 1.807) is 6.92 Å². The van der Waals surface area contributed by atoms with E-state index in [0.29, 0.717) is 5.39 Å². The maximum absolute atomic E-state index is 13.3. The van der Waals surface area contributed by atoms with Gasteiger partial charge in [-0.05, 0) is 43.3 Å². The van der Waals surface area contributed by atoms with E-state index < -0.39 is 23.6 Å². The number of nitrogens with one attached hydrogen (secondary N) is 1. The Morgan fingerprint density at radius 2 is 1.59 bits per heavy atom. The molecule has 0 saturated heterocycles. The van der Waals surface area contributed by atoms with E-state index in [1.165, 1.54) is 30.5 Å². The average molecular weight is 450 g/mol. The van der Waals surface area contributed by atoms with E-state index in [9.17, 15) is 26.3 Å². The quantitative estimate of drug-likeness (QED) is 0.411. The first-order valence-electron chi connectivity index (χ1n) is 9.00. The van der Waals surface area contributed by atoms with Gasteiger partial charge in [0.25, 0.3) is 0 Å². The van der Waals surface area contributed by atoms with E-state index in [2.05, 4.69) is 30.2 Å². The minimum atomic E-state index is -4.62. The second-order valence-electron chi connectivity index (χ2n) is 6.64. The van der Waals surface area contributed by atoms with E-state index in [4.69, 9.17) is 0 Å². The molecule has 0 aromatic carbocycles. The number of fused-ring (bicyclic) bond motifs is 1. The summed E-state index contributed by atoms with van der Waals surface area (Å²) in [5.41, 5.74) is -2.05. The summed E-state index contributed by atoms with van der Waals surface area (Å²) < 4.78 is 78.1. The molecule has 1 N–H and O–H groups in total. The summed E-state index contributed by atoms with van der Waals surface area (Å²) in [6.45, 7) is 1.55. The molecule has 0 saturated carbocycles. The van der Waals surface area contributed by atoms with Crippen LogP contribution in [-0.4, -0.2) is 24.9 Å². The normalized spacial score (nSPS) is 12.2. The Bertz CT molecular complexity index is 1280. The predicted octanol–water partition coefficient (Wildman–Crippen LogP) is 5.57. The predicted molar refractivity (Wildman–Crippen MR) is 103 cm³/mol. The first-order valence-corrected chi connectivity index (χ1v) is 9.00. The highest BCUT2D eigenvalue weighted by molar-refractivity contribution is 5.89. The number of halogens is 6. The van der Waals surface area contributed by atoms with Crippen molar-refractivity contribution >= 4 is 22.5 Å². The number of nitrogens with zero attached hydrogens (tertiary/aromatic N) is 5. The summed E-state index contributed by atoms with van der Waals surface area (Å²) >= 11 is 0. The fraction of sp³-hybridized carbons (Fsp3) is 0.150. The lowest BCUT2D eigenvalue weighted by molar-refractivity contribution is -0.141. The Labute approximate surface area is 176 Å². The number of anilines is 2. The van der Waals surface area contributed by atoms with Crippen LogP contribution in [0.15, 0.2) is 48.8 Å². The smallest absolute Gasteiger partial charge is 0.338 e. The van der Waals surface area contributed by atoms with E-state index in [-0.39, 0.29) is 34.4 Å². The number of pyridine rings is 3. The number of aromatic nitrogens is 5. The summed E-state index contributed by atoms with van der Waals surface area (Å²) in [7, 11) is 0. The van der Waals surface area contributed by atoms with Crippen molar-refractivity contribution in [3.05, 3.63) is 65.9 Å². The van der Waals surface area contributed by atoms with Crippen LogP contribution < -0.4 is 5.32 Å². The molecule has 12 heteroatoms. The molecule has 0 aliphatic rings. The second kappa shape index (κ2) is 7.70. The van der Waals surface area contributed by atoms with Gasteiger partial charge >= 0.3 is 12.4 Å². The molecule has 164 valence electrons. The van der Waals surface area contributed by atoms with Crippen LogP contribution >= 0.6 is 0 Å². The van der Waals surface area contributed by atoms with Gasteiger partial charge in [-0.25, -0.2) is 19.9 Å². The Balaban J connectivity index is 1.75. The number of aryl methyl sites for hydroxylation is 1. The molecule has 4 heterocycles. The van der Waals surface area contributed by atoms with E-state index in [0.717, 1.165) is 18.3 Å². The minimum absolute atomic E-state index is 0.0364. The molecule has 0 unspecified atom stereocenters.